The van der Waals surface area contributed by atoms with Crippen LogP contribution in [0.2, 0.25) is 0 Å². The van der Waals surface area contributed by atoms with E-state index in [0.717, 1.165) is 21.3 Å². The molecule has 0 amide bonds. The van der Waals surface area contributed by atoms with Crippen LogP contribution in [-0.2, 0) is 7.05 Å². The zero-order valence-corrected chi connectivity index (χ0v) is 11.7. The minimum atomic E-state index is -0.389. The lowest BCUT2D eigenvalue weighted by Crippen LogP contribution is -1.95. The van der Waals surface area contributed by atoms with E-state index >= 15 is 0 Å². The maximum absolute atomic E-state index is 10.9. The Morgan fingerprint density at radius 1 is 1.37 bits per heavy atom. The molecule has 0 spiro atoms. The Hall–Kier alpha value is -2.02. The van der Waals surface area contributed by atoms with Crippen molar-refractivity contribution in [3.63, 3.8) is 0 Å². The maximum Gasteiger partial charge on any atom is 0.272 e. The van der Waals surface area contributed by atoms with Crippen LogP contribution in [0.5, 0.6) is 0 Å². The lowest BCUT2D eigenvalue weighted by atomic mass is 10.3. The van der Waals surface area contributed by atoms with E-state index in [1.54, 1.807) is 17.8 Å². The van der Waals surface area contributed by atoms with Crippen molar-refractivity contribution >= 4 is 23.1 Å². The second kappa shape index (κ2) is 5.31. The van der Waals surface area contributed by atoms with Gasteiger partial charge >= 0.3 is 0 Å². The van der Waals surface area contributed by atoms with Gasteiger partial charge < -0.3 is 5.32 Å². The molecule has 1 N–H and O–H groups in total. The molecule has 19 heavy (non-hydrogen) atoms. The first-order valence-electron chi connectivity index (χ1n) is 5.65. The molecule has 7 heteroatoms. The zero-order valence-electron chi connectivity index (χ0n) is 10.9. The largest absolute Gasteiger partial charge is 0.388 e. The molecule has 0 atom stereocenters. The number of nitro groups is 1. The lowest BCUT2D eigenvalue weighted by Gasteiger charge is -2.05. The third-order valence-corrected chi connectivity index (χ3v) is 3.63. The van der Waals surface area contributed by atoms with E-state index < -0.39 is 0 Å². The SMILES string of the molecule is CNc1cc(Sc2cc(C)nn2C)cc([N+](=O)[O-])c1. The summed E-state index contributed by atoms with van der Waals surface area (Å²) in [6.45, 7) is 1.91. The molecule has 0 saturated heterocycles. The molecule has 0 aliphatic carbocycles. The van der Waals surface area contributed by atoms with E-state index in [9.17, 15) is 10.1 Å². The Morgan fingerprint density at radius 2 is 2.11 bits per heavy atom. The smallest absolute Gasteiger partial charge is 0.272 e. The molecule has 1 aromatic heterocycles. The Morgan fingerprint density at radius 3 is 2.63 bits per heavy atom. The fraction of sp³-hybridized carbons (Fsp3) is 0.250. The molecule has 0 aliphatic rings. The lowest BCUT2D eigenvalue weighted by molar-refractivity contribution is -0.385. The van der Waals surface area contributed by atoms with Crippen LogP contribution in [0.1, 0.15) is 5.69 Å². The van der Waals surface area contributed by atoms with Crippen molar-refractivity contribution in [2.24, 2.45) is 7.05 Å². The first-order valence-corrected chi connectivity index (χ1v) is 6.47. The summed E-state index contributed by atoms with van der Waals surface area (Å²) in [4.78, 5) is 11.3. The van der Waals surface area contributed by atoms with E-state index in [2.05, 4.69) is 10.4 Å². The molecule has 2 rings (SSSR count). The standard InChI is InChI=1S/C12H14N4O2S/c1-8-4-12(15(3)14-8)19-11-6-9(13-2)5-10(7-11)16(17)18/h4-7,13H,1-3H3. The number of non-ortho nitro benzene ring substituents is 1. The number of hydrogen-bond acceptors (Lipinski definition) is 5. The molecule has 1 heterocycles. The van der Waals surface area contributed by atoms with Crippen LogP contribution in [-0.4, -0.2) is 21.8 Å². The van der Waals surface area contributed by atoms with Gasteiger partial charge in [-0.1, -0.05) is 11.8 Å². The Bertz CT molecular complexity index is 624. The fourth-order valence-corrected chi connectivity index (χ4v) is 2.70. The first-order chi connectivity index (χ1) is 8.99. The molecule has 0 unspecified atom stereocenters. The number of aromatic nitrogens is 2. The highest BCUT2D eigenvalue weighted by molar-refractivity contribution is 7.99. The summed E-state index contributed by atoms with van der Waals surface area (Å²) in [6, 6.07) is 6.90. The average molecular weight is 278 g/mol. The van der Waals surface area contributed by atoms with Crippen LogP contribution < -0.4 is 5.32 Å². The van der Waals surface area contributed by atoms with Gasteiger partial charge in [-0.05, 0) is 19.1 Å². The quantitative estimate of drug-likeness (QED) is 0.687. The number of nitrogens with zero attached hydrogens (tertiary/aromatic N) is 3. The molecular weight excluding hydrogens is 264 g/mol. The van der Waals surface area contributed by atoms with Gasteiger partial charge in [0.1, 0.15) is 0 Å². The predicted octanol–water partition coefficient (Wildman–Crippen LogP) is 2.83. The molecule has 0 radical (unpaired) electrons. The zero-order chi connectivity index (χ0) is 14.0. The summed E-state index contributed by atoms with van der Waals surface area (Å²) in [5.41, 5.74) is 1.72. The van der Waals surface area contributed by atoms with E-state index in [0.29, 0.717) is 0 Å². The fourth-order valence-electron chi connectivity index (χ4n) is 1.70. The van der Waals surface area contributed by atoms with Gasteiger partial charge in [0.15, 0.2) is 0 Å². The molecule has 0 bridgehead atoms. The number of hydrogen-bond donors (Lipinski definition) is 1. The number of aryl methyl sites for hydroxylation is 2. The van der Waals surface area contributed by atoms with Crippen molar-refractivity contribution in [3.05, 3.63) is 40.1 Å². The Kier molecular flexibility index (Phi) is 3.75. The second-order valence-corrected chi connectivity index (χ2v) is 5.17. The number of benzene rings is 1. The molecule has 2 aromatic rings. The van der Waals surface area contributed by atoms with E-state index in [1.807, 2.05) is 26.1 Å². The average Bonchev–Trinajstić information content (AvgIpc) is 2.67. The van der Waals surface area contributed by atoms with Crippen molar-refractivity contribution in [1.82, 2.24) is 9.78 Å². The van der Waals surface area contributed by atoms with Gasteiger partial charge in [0.05, 0.1) is 15.6 Å². The van der Waals surface area contributed by atoms with Crippen LogP contribution in [0.3, 0.4) is 0 Å². The molecule has 0 fully saturated rings. The van der Waals surface area contributed by atoms with Crippen molar-refractivity contribution < 1.29 is 4.92 Å². The summed E-state index contributed by atoms with van der Waals surface area (Å²) in [6.07, 6.45) is 0. The highest BCUT2D eigenvalue weighted by Gasteiger charge is 2.12. The van der Waals surface area contributed by atoms with Crippen molar-refractivity contribution in [1.29, 1.82) is 0 Å². The van der Waals surface area contributed by atoms with Gasteiger partial charge in [-0.25, -0.2) is 0 Å². The first kappa shape index (κ1) is 13.4. The van der Waals surface area contributed by atoms with E-state index in [-0.39, 0.29) is 10.6 Å². The van der Waals surface area contributed by atoms with Crippen molar-refractivity contribution in [2.45, 2.75) is 16.8 Å². The van der Waals surface area contributed by atoms with Gasteiger partial charge in [0.2, 0.25) is 0 Å². The molecule has 6 nitrogen and oxygen atoms in total. The topological polar surface area (TPSA) is 73.0 Å². The van der Waals surface area contributed by atoms with Crippen LogP contribution >= 0.6 is 11.8 Å². The summed E-state index contributed by atoms with van der Waals surface area (Å²) < 4.78 is 1.76. The van der Waals surface area contributed by atoms with Gasteiger partial charge in [-0.2, -0.15) is 5.10 Å². The maximum atomic E-state index is 10.9. The number of nitrogens with one attached hydrogen (secondary N) is 1. The predicted molar refractivity (Wildman–Crippen MR) is 74.7 cm³/mol. The minimum absolute atomic E-state index is 0.0771. The number of rotatable bonds is 4. The Balaban J connectivity index is 2.36. The monoisotopic (exact) mass is 278 g/mol. The number of anilines is 1. The third kappa shape index (κ3) is 3.05. The van der Waals surface area contributed by atoms with Crippen molar-refractivity contribution in [3.8, 4) is 0 Å². The van der Waals surface area contributed by atoms with Gasteiger partial charge in [-0.15, -0.1) is 0 Å². The van der Waals surface area contributed by atoms with Crippen molar-refractivity contribution in [2.75, 3.05) is 12.4 Å². The molecular formula is C12H14N4O2S. The number of nitro benzene ring substituents is 1. The third-order valence-electron chi connectivity index (χ3n) is 2.57. The summed E-state index contributed by atoms with van der Waals surface area (Å²) in [5, 5.41) is 19.0. The van der Waals surface area contributed by atoms with Crippen LogP contribution in [0.25, 0.3) is 0 Å². The minimum Gasteiger partial charge on any atom is -0.388 e. The van der Waals surface area contributed by atoms with E-state index in [1.165, 1.54) is 17.8 Å². The normalized spacial score (nSPS) is 10.5. The second-order valence-electron chi connectivity index (χ2n) is 4.07. The highest BCUT2D eigenvalue weighted by Crippen LogP contribution is 2.32. The molecule has 0 saturated carbocycles. The molecule has 0 aliphatic heterocycles. The van der Waals surface area contributed by atoms with Gasteiger partial charge in [-0.3, -0.25) is 14.8 Å². The summed E-state index contributed by atoms with van der Waals surface area (Å²) in [7, 11) is 3.59. The molecule has 100 valence electrons. The van der Waals surface area contributed by atoms with Gasteiger partial charge in [0, 0.05) is 36.8 Å². The Labute approximate surface area is 115 Å². The molecule has 1 aromatic carbocycles. The van der Waals surface area contributed by atoms with Crippen LogP contribution in [0, 0.1) is 17.0 Å². The summed E-state index contributed by atoms with van der Waals surface area (Å²) in [5.74, 6) is 0. The van der Waals surface area contributed by atoms with E-state index in [4.69, 9.17) is 0 Å². The summed E-state index contributed by atoms with van der Waals surface area (Å²) >= 11 is 1.45. The highest BCUT2D eigenvalue weighted by atomic mass is 32.2. The van der Waals surface area contributed by atoms with Gasteiger partial charge in [0.25, 0.3) is 5.69 Å². The van der Waals surface area contributed by atoms with Crippen LogP contribution in [0.15, 0.2) is 34.2 Å². The van der Waals surface area contributed by atoms with Crippen LogP contribution in [0.4, 0.5) is 11.4 Å².